The quantitative estimate of drug-likeness (QED) is 0.571. The maximum absolute atomic E-state index is 13.2. The number of para-hydroxylation sites is 1. The number of carbonyl (C=O) groups is 1. The highest BCUT2D eigenvalue weighted by Gasteiger charge is 2.50. The van der Waals surface area contributed by atoms with Crippen LogP contribution in [0, 0.1) is 11.3 Å². The lowest BCUT2D eigenvalue weighted by Crippen LogP contribution is -2.51. The maximum atomic E-state index is 13.2. The molecule has 3 aromatic rings. The molecule has 1 aromatic carbocycles. The zero-order valence-corrected chi connectivity index (χ0v) is 17.5. The summed E-state index contributed by atoms with van der Waals surface area (Å²) in [6.07, 6.45) is 3.28. The van der Waals surface area contributed by atoms with E-state index in [9.17, 15) is 10.1 Å². The van der Waals surface area contributed by atoms with Crippen LogP contribution in [-0.2, 0) is 10.5 Å². The van der Waals surface area contributed by atoms with Gasteiger partial charge in [0.15, 0.2) is 0 Å². The summed E-state index contributed by atoms with van der Waals surface area (Å²) in [6.45, 7) is 1.68. The van der Waals surface area contributed by atoms with Crippen LogP contribution in [0.4, 0.5) is 23.1 Å². The van der Waals surface area contributed by atoms with Crippen molar-refractivity contribution in [2.45, 2.75) is 24.9 Å². The lowest BCUT2D eigenvalue weighted by Gasteiger charge is -2.37. The summed E-state index contributed by atoms with van der Waals surface area (Å²) in [5, 5.41) is 21.0. The zero-order valence-electron chi connectivity index (χ0n) is 17.5. The minimum atomic E-state index is -1.25. The third-order valence-electron chi connectivity index (χ3n) is 6.45. The van der Waals surface area contributed by atoms with Gasteiger partial charge in [0.25, 0.3) is 5.91 Å². The number of benzene rings is 1. The normalized spacial score (nSPS) is 20.9. The van der Waals surface area contributed by atoms with Crippen molar-refractivity contribution < 1.29 is 9.53 Å². The van der Waals surface area contributed by atoms with E-state index in [0.29, 0.717) is 39.7 Å². The van der Waals surface area contributed by atoms with Gasteiger partial charge >= 0.3 is 0 Å². The molecule has 6 rings (SSSR count). The molecule has 1 spiro atoms. The Morgan fingerprint density at radius 1 is 1.12 bits per heavy atom. The van der Waals surface area contributed by atoms with Gasteiger partial charge < -0.3 is 25.6 Å². The molecule has 32 heavy (non-hydrogen) atoms. The molecule has 160 valence electrons. The third kappa shape index (κ3) is 2.46. The topological polar surface area (TPSA) is 115 Å². The van der Waals surface area contributed by atoms with Gasteiger partial charge in [-0.1, -0.05) is 18.2 Å². The van der Waals surface area contributed by atoms with Gasteiger partial charge in [-0.15, -0.1) is 0 Å². The Morgan fingerprint density at radius 2 is 1.88 bits per heavy atom. The molecular formula is C23H21N7O2. The number of nitriles is 1. The number of anilines is 4. The molecule has 0 saturated carbocycles. The Hall–Kier alpha value is -4.06. The first kappa shape index (κ1) is 18.7. The first-order valence-electron chi connectivity index (χ1n) is 10.7. The lowest BCUT2D eigenvalue weighted by atomic mass is 9.96. The molecule has 0 unspecified atom stereocenters. The SMILES string of the molecule is COc1cc2c(C#N)c(N3CCCCC3)nc3c2c(n1)N[C@@]1(N3)C(=O)Nc2ccccc21. The number of nitrogens with one attached hydrogen (secondary N) is 3. The van der Waals surface area contributed by atoms with E-state index < -0.39 is 5.66 Å². The van der Waals surface area contributed by atoms with E-state index in [1.54, 1.807) is 6.07 Å². The number of fused-ring (bicyclic) bond motifs is 2. The molecule has 5 heterocycles. The van der Waals surface area contributed by atoms with E-state index >= 15 is 0 Å². The summed E-state index contributed by atoms with van der Waals surface area (Å²) in [7, 11) is 1.54. The summed E-state index contributed by atoms with van der Waals surface area (Å²) in [4.78, 5) is 24.8. The number of methoxy groups -OCH3 is 1. The van der Waals surface area contributed by atoms with Crippen LogP contribution in [0.1, 0.15) is 30.4 Å². The average molecular weight is 427 g/mol. The predicted octanol–water partition coefficient (Wildman–Crippen LogP) is 3.14. The number of nitrogens with zero attached hydrogens (tertiary/aromatic N) is 4. The molecule has 9 heteroatoms. The second-order valence-corrected chi connectivity index (χ2v) is 8.25. The number of rotatable bonds is 2. The van der Waals surface area contributed by atoms with Crippen molar-refractivity contribution in [3.63, 3.8) is 0 Å². The summed E-state index contributed by atoms with van der Waals surface area (Å²) < 4.78 is 5.45. The number of aromatic nitrogens is 2. The molecule has 2 aromatic heterocycles. The Kier molecular flexibility index (Phi) is 3.92. The fourth-order valence-corrected chi connectivity index (χ4v) is 4.92. The van der Waals surface area contributed by atoms with Crippen molar-refractivity contribution in [2.75, 3.05) is 41.0 Å². The van der Waals surface area contributed by atoms with Crippen molar-refractivity contribution >= 4 is 39.8 Å². The summed E-state index contributed by atoms with van der Waals surface area (Å²) in [5.74, 6) is 1.73. The molecule has 1 saturated heterocycles. The minimum Gasteiger partial charge on any atom is -0.481 e. The number of carbonyl (C=O) groups excluding carboxylic acids is 1. The third-order valence-corrected chi connectivity index (χ3v) is 6.45. The van der Waals surface area contributed by atoms with Crippen molar-refractivity contribution in [3.8, 4) is 11.9 Å². The number of hydrogen-bond acceptors (Lipinski definition) is 8. The predicted molar refractivity (Wildman–Crippen MR) is 121 cm³/mol. The molecule has 3 N–H and O–H groups in total. The van der Waals surface area contributed by atoms with Gasteiger partial charge in [0.2, 0.25) is 11.5 Å². The van der Waals surface area contributed by atoms with Gasteiger partial charge in [0.05, 0.1) is 12.5 Å². The number of hydrogen-bond donors (Lipinski definition) is 3. The standard InChI is InChI=1S/C23H21N7O2/c1-32-17-11-13-14(12-24)21(30-9-5-2-6-10-30)27-20-18(13)19(26-17)28-23(29-20)15-7-3-4-8-16(15)25-22(23)31/h3-4,7-8,11H,2,5-6,9-10H2,1H3,(H,25,31)(H,26,28)(H,27,29)/t23-/m0/s1. The lowest BCUT2D eigenvalue weighted by molar-refractivity contribution is -0.119. The van der Waals surface area contributed by atoms with Crippen LogP contribution >= 0.6 is 0 Å². The number of ether oxygens (including phenoxy) is 1. The largest absolute Gasteiger partial charge is 0.481 e. The van der Waals surface area contributed by atoms with E-state index in [4.69, 9.17) is 9.72 Å². The number of piperidine rings is 1. The Morgan fingerprint density at radius 3 is 2.62 bits per heavy atom. The Bertz CT molecular complexity index is 1330. The van der Waals surface area contributed by atoms with Crippen molar-refractivity contribution in [2.24, 2.45) is 0 Å². The van der Waals surface area contributed by atoms with Crippen LogP contribution in [0.25, 0.3) is 10.8 Å². The Labute approximate surface area is 184 Å². The molecule has 1 atom stereocenters. The summed E-state index contributed by atoms with van der Waals surface area (Å²) >= 11 is 0. The second kappa shape index (κ2) is 6.72. The smallest absolute Gasteiger partial charge is 0.275 e. The maximum Gasteiger partial charge on any atom is 0.275 e. The van der Waals surface area contributed by atoms with Crippen molar-refractivity contribution in [3.05, 3.63) is 41.5 Å². The average Bonchev–Trinajstić information content (AvgIpc) is 3.09. The zero-order chi connectivity index (χ0) is 21.9. The van der Waals surface area contributed by atoms with Crippen molar-refractivity contribution in [1.29, 1.82) is 5.26 Å². The first-order chi connectivity index (χ1) is 15.6. The minimum absolute atomic E-state index is 0.243. The van der Waals surface area contributed by atoms with E-state index in [0.717, 1.165) is 37.2 Å². The molecule has 3 aliphatic rings. The monoisotopic (exact) mass is 427 g/mol. The van der Waals surface area contributed by atoms with E-state index in [-0.39, 0.29) is 5.91 Å². The van der Waals surface area contributed by atoms with Crippen LogP contribution in [0.5, 0.6) is 5.88 Å². The van der Waals surface area contributed by atoms with E-state index in [1.165, 1.54) is 13.5 Å². The second-order valence-electron chi connectivity index (χ2n) is 8.25. The summed E-state index contributed by atoms with van der Waals surface area (Å²) in [5.41, 5.74) is 0.725. The Balaban J connectivity index is 1.62. The molecule has 3 aliphatic heterocycles. The van der Waals surface area contributed by atoms with Crippen LogP contribution in [0.2, 0.25) is 0 Å². The van der Waals surface area contributed by atoms with Crippen LogP contribution < -0.4 is 25.6 Å². The number of amides is 1. The molecule has 0 bridgehead atoms. The van der Waals surface area contributed by atoms with Gasteiger partial charge in [0, 0.05) is 35.8 Å². The molecule has 1 amide bonds. The molecule has 0 aliphatic carbocycles. The van der Waals surface area contributed by atoms with Gasteiger partial charge in [0.1, 0.15) is 29.1 Å². The highest BCUT2D eigenvalue weighted by Crippen LogP contribution is 2.47. The van der Waals surface area contributed by atoms with Gasteiger partial charge in [-0.2, -0.15) is 10.2 Å². The van der Waals surface area contributed by atoms with Gasteiger partial charge in [-0.25, -0.2) is 4.98 Å². The molecule has 9 nitrogen and oxygen atoms in total. The summed E-state index contributed by atoms with van der Waals surface area (Å²) in [6, 6.07) is 11.6. The van der Waals surface area contributed by atoms with Gasteiger partial charge in [-0.3, -0.25) is 4.79 Å². The van der Waals surface area contributed by atoms with Crippen LogP contribution in [0.15, 0.2) is 30.3 Å². The highest BCUT2D eigenvalue weighted by atomic mass is 16.5. The fraction of sp³-hybridized carbons (Fsp3) is 0.304. The van der Waals surface area contributed by atoms with Crippen molar-refractivity contribution in [1.82, 2.24) is 9.97 Å². The van der Waals surface area contributed by atoms with Crippen LogP contribution in [-0.4, -0.2) is 36.1 Å². The molecule has 0 radical (unpaired) electrons. The van der Waals surface area contributed by atoms with E-state index in [1.807, 2.05) is 24.3 Å². The highest BCUT2D eigenvalue weighted by molar-refractivity contribution is 6.15. The van der Waals surface area contributed by atoms with E-state index in [2.05, 4.69) is 31.9 Å². The van der Waals surface area contributed by atoms with Gasteiger partial charge in [-0.05, 0) is 25.3 Å². The molecule has 1 fully saturated rings. The fourth-order valence-electron chi connectivity index (χ4n) is 4.92. The van der Waals surface area contributed by atoms with Crippen LogP contribution in [0.3, 0.4) is 0 Å². The molecular weight excluding hydrogens is 406 g/mol. The number of pyridine rings is 2. The first-order valence-corrected chi connectivity index (χ1v) is 10.7.